The van der Waals surface area contributed by atoms with Crippen LogP contribution in [0.4, 0.5) is 4.39 Å². The van der Waals surface area contributed by atoms with Crippen LogP contribution < -0.4 is 19.9 Å². The normalized spacial score (nSPS) is 11.8. The van der Waals surface area contributed by atoms with Crippen molar-refractivity contribution in [1.82, 2.24) is 14.8 Å². The number of nitrogens with two attached hydrogens (primary N) is 1. The van der Waals surface area contributed by atoms with Crippen LogP contribution in [0.3, 0.4) is 0 Å². The van der Waals surface area contributed by atoms with Gasteiger partial charge in [-0.25, -0.2) is 4.39 Å². The Kier molecular flexibility index (Phi) is 12.0. The molecule has 0 bridgehead atoms. The number of nitrogens with zero attached hydrogens (tertiary/aromatic N) is 3. The van der Waals surface area contributed by atoms with Gasteiger partial charge in [-0.15, -0.1) is 0 Å². The maximum absolute atomic E-state index is 15.3. The summed E-state index contributed by atoms with van der Waals surface area (Å²) in [5, 5.41) is 0.623. The molecule has 0 radical (unpaired) electrons. The fourth-order valence-corrected chi connectivity index (χ4v) is 4.19. The van der Waals surface area contributed by atoms with Crippen molar-refractivity contribution in [1.29, 1.82) is 0 Å². The zero-order valence-electron chi connectivity index (χ0n) is 26.4. The van der Waals surface area contributed by atoms with Gasteiger partial charge in [0.15, 0.2) is 23.1 Å². The molecule has 0 aliphatic rings. The Morgan fingerprint density at radius 3 is 2.18 bits per heavy atom. The summed E-state index contributed by atoms with van der Waals surface area (Å²) in [6.45, 7) is 9.01. The highest BCUT2D eigenvalue weighted by Gasteiger charge is 2.23. The molecular formula is C35H41FN4O4. The lowest BCUT2D eigenvalue weighted by Gasteiger charge is -2.26. The summed E-state index contributed by atoms with van der Waals surface area (Å²) in [5.74, 6) is 0.406. The van der Waals surface area contributed by atoms with E-state index in [0.717, 1.165) is 12.1 Å². The summed E-state index contributed by atoms with van der Waals surface area (Å²) in [4.78, 5) is 21.2. The molecule has 232 valence electrons. The van der Waals surface area contributed by atoms with Crippen molar-refractivity contribution in [2.75, 3.05) is 41.9 Å². The molecule has 1 atom stereocenters. The second kappa shape index (κ2) is 15.7. The molecule has 0 aliphatic carbocycles. The van der Waals surface area contributed by atoms with Crippen molar-refractivity contribution in [3.63, 3.8) is 0 Å². The number of carbonyl (C=O) groups excluding carboxylic acids is 1. The third kappa shape index (κ3) is 8.00. The molecule has 2 N–H and O–H groups in total. The van der Waals surface area contributed by atoms with Crippen LogP contribution >= 0.6 is 0 Å². The van der Waals surface area contributed by atoms with Gasteiger partial charge < -0.3 is 29.7 Å². The van der Waals surface area contributed by atoms with E-state index in [1.54, 1.807) is 50.5 Å². The standard InChI is InChI=1S/C31H30FN3O4.C4H11N/c1-6-22(31(36)35(3)19(2)30(33)20-10-8-7-9-11-20)21-12-13-27(24(32)16-21)39-26-14-15-34-25-18-29(38-5)28(37-4)17-23(25)26;1-4-5(2)3/h6-18,30H,2,33H2,1,3-5H3;4H2,1-3H3/b22-6-;. The lowest BCUT2D eigenvalue weighted by molar-refractivity contribution is -0.122. The van der Waals surface area contributed by atoms with Gasteiger partial charge in [0.05, 0.1) is 25.8 Å². The summed E-state index contributed by atoms with van der Waals surface area (Å²) < 4.78 is 32.0. The predicted molar refractivity (Wildman–Crippen MR) is 174 cm³/mol. The average Bonchev–Trinajstić information content (AvgIpc) is 3.05. The number of amides is 1. The van der Waals surface area contributed by atoms with Crippen LogP contribution in [0.15, 0.2) is 91.3 Å². The molecule has 1 amide bonds. The van der Waals surface area contributed by atoms with E-state index >= 15 is 4.39 Å². The Labute approximate surface area is 259 Å². The molecular weight excluding hydrogens is 559 g/mol. The van der Waals surface area contributed by atoms with Gasteiger partial charge in [0, 0.05) is 36.0 Å². The minimum Gasteiger partial charge on any atom is -0.493 e. The molecule has 1 unspecified atom stereocenters. The van der Waals surface area contributed by atoms with Gasteiger partial charge in [-0.1, -0.05) is 56.0 Å². The number of rotatable bonds is 10. The van der Waals surface area contributed by atoms with E-state index in [-0.39, 0.29) is 11.7 Å². The highest BCUT2D eigenvalue weighted by molar-refractivity contribution is 6.19. The van der Waals surface area contributed by atoms with E-state index in [0.29, 0.717) is 45.0 Å². The topological polar surface area (TPSA) is 90.2 Å². The van der Waals surface area contributed by atoms with Crippen LogP contribution in [-0.4, -0.2) is 62.6 Å². The molecule has 0 saturated carbocycles. The van der Waals surface area contributed by atoms with E-state index in [2.05, 4.69) is 37.5 Å². The smallest absolute Gasteiger partial charge is 0.258 e. The quantitative estimate of drug-likeness (QED) is 0.200. The number of halogens is 1. The lowest BCUT2D eigenvalue weighted by Crippen LogP contribution is -2.32. The monoisotopic (exact) mass is 600 g/mol. The van der Waals surface area contributed by atoms with E-state index in [1.165, 1.54) is 31.3 Å². The summed E-state index contributed by atoms with van der Waals surface area (Å²) in [6.07, 6.45) is 3.20. The first-order chi connectivity index (χ1) is 21.1. The first-order valence-corrected chi connectivity index (χ1v) is 14.1. The number of pyridine rings is 1. The van der Waals surface area contributed by atoms with Gasteiger partial charge in [0.25, 0.3) is 5.91 Å². The van der Waals surface area contributed by atoms with Gasteiger partial charge >= 0.3 is 0 Å². The maximum Gasteiger partial charge on any atom is 0.258 e. The van der Waals surface area contributed by atoms with Crippen molar-refractivity contribution in [3.8, 4) is 23.0 Å². The second-order valence-corrected chi connectivity index (χ2v) is 10.1. The molecule has 4 rings (SSSR count). The van der Waals surface area contributed by atoms with Gasteiger partial charge in [-0.2, -0.15) is 0 Å². The summed E-state index contributed by atoms with van der Waals surface area (Å²) in [7, 11) is 8.78. The molecule has 4 aromatic rings. The number of benzene rings is 3. The number of ether oxygens (including phenoxy) is 3. The van der Waals surface area contributed by atoms with Crippen molar-refractivity contribution in [2.24, 2.45) is 5.73 Å². The predicted octanol–water partition coefficient (Wildman–Crippen LogP) is 6.83. The molecule has 9 heteroatoms. The van der Waals surface area contributed by atoms with Crippen LogP contribution in [0.5, 0.6) is 23.0 Å². The Morgan fingerprint density at radius 2 is 1.61 bits per heavy atom. The third-order valence-electron chi connectivity index (χ3n) is 7.07. The fourth-order valence-electron chi connectivity index (χ4n) is 4.19. The first kappa shape index (κ1) is 33.8. The van der Waals surface area contributed by atoms with Crippen LogP contribution in [0.25, 0.3) is 16.5 Å². The number of carbonyl (C=O) groups is 1. The van der Waals surface area contributed by atoms with Crippen molar-refractivity contribution in [3.05, 3.63) is 108 Å². The number of hydrogen-bond acceptors (Lipinski definition) is 7. The molecule has 3 aromatic carbocycles. The largest absolute Gasteiger partial charge is 0.493 e. The van der Waals surface area contributed by atoms with E-state index in [9.17, 15) is 4.79 Å². The Hall–Kier alpha value is -4.73. The SMILES string of the molecule is C=C(C(N)c1ccccc1)N(C)C(=O)/C(=C\C)c1ccc(Oc2ccnc3cc(OC)c(OC)cc23)c(F)c1.CCN(C)C. The van der Waals surface area contributed by atoms with E-state index in [1.807, 2.05) is 30.3 Å². The summed E-state index contributed by atoms with van der Waals surface area (Å²) >= 11 is 0. The highest BCUT2D eigenvalue weighted by Crippen LogP contribution is 2.37. The van der Waals surface area contributed by atoms with Crippen molar-refractivity contribution < 1.29 is 23.4 Å². The third-order valence-corrected chi connectivity index (χ3v) is 7.07. The Balaban J connectivity index is 0.000000978. The van der Waals surface area contributed by atoms with Crippen LogP contribution in [0.2, 0.25) is 0 Å². The van der Waals surface area contributed by atoms with E-state index in [4.69, 9.17) is 19.9 Å². The molecule has 8 nitrogen and oxygen atoms in total. The Morgan fingerprint density at radius 1 is 0.977 bits per heavy atom. The average molecular weight is 601 g/mol. The van der Waals surface area contributed by atoms with E-state index < -0.39 is 11.9 Å². The lowest BCUT2D eigenvalue weighted by atomic mass is 10.0. The molecule has 0 aliphatic heterocycles. The van der Waals surface area contributed by atoms with Crippen molar-refractivity contribution in [2.45, 2.75) is 19.9 Å². The maximum atomic E-state index is 15.3. The van der Waals surface area contributed by atoms with Gasteiger partial charge in [-0.3, -0.25) is 9.78 Å². The fraction of sp³-hybridized carbons (Fsp3) is 0.257. The number of likely N-dealkylation sites (N-methyl/N-ethyl adjacent to an activating group) is 1. The van der Waals surface area contributed by atoms with Crippen molar-refractivity contribution >= 4 is 22.4 Å². The number of hydrogen-bond donors (Lipinski definition) is 1. The van der Waals surface area contributed by atoms with Gasteiger partial charge in [0.1, 0.15) is 5.75 Å². The highest BCUT2D eigenvalue weighted by atomic mass is 19.1. The minimum absolute atomic E-state index is 0.00667. The molecule has 1 heterocycles. The zero-order chi connectivity index (χ0) is 32.4. The number of aromatic nitrogens is 1. The molecule has 0 saturated heterocycles. The Bertz CT molecular complexity index is 1620. The molecule has 44 heavy (non-hydrogen) atoms. The number of fused-ring (bicyclic) bond motifs is 1. The molecule has 0 fully saturated rings. The molecule has 1 aromatic heterocycles. The van der Waals surface area contributed by atoms with Crippen LogP contribution in [0.1, 0.15) is 31.0 Å². The minimum atomic E-state index is -0.632. The molecule has 0 spiro atoms. The number of methoxy groups -OCH3 is 2. The zero-order valence-corrected chi connectivity index (χ0v) is 26.4. The second-order valence-electron chi connectivity index (χ2n) is 10.1. The van der Waals surface area contributed by atoms with Gasteiger partial charge in [-0.05, 0) is 63.0 Å². The summed E-state index contributed by atoms with van der Waals surface area (Å²) in [6, 6.07) is 18.3. The van der Waals surface area contributed by atoms with Gasteiger partial charge in [0.2, 0.25) is 0 Å². The summed E-state index contributed by atoms with van der Waals surface area (Å²) in [5.41, 5.74) is 8.88. The number of allylic oxidation sites excluding steroid dienone is 1. The first-order valence-electron chi connectivity index (χ1n) is 14.1. The van der Waals surface area contributed by atoms with Crippen LogP contribution in [0, 0.1) is 5.82 Å². The van der Waals surface area contributed by atoms with Crippen LogP contribution in [-0.2, 0) is 4.79 Å².